The molecule has 0 aliphatic heterocycles. The first-order chi connectivity index (χ1) is 12.9. The summed E-state index contributed by atoms with van der Waals surface area (Å²) in [6.45, 7) is 7.02. The van der Waals surface area contributed by atoms with Crippen molar-refractivity contribution in [3.05, 3.63) is 52.2 Å². The van der Waals surface area contributed by atoms with Gasteiger partial charge in [0.2, 0.25) is 5.91 Å². The predicted molar refractivity (Wildman–Crippen MR) is 128 cm³/mol. The molecule has 2 rings (SSSR count). The Balaban J connectivity index is 0.00000392. The number of aliphatic hydroxyl groups is 1. The van der Waals surface area contributed by atoms with Gasteiger partial charge < -0.3 is 21.1 Å². The Kier molecular flexibility index (Phi) is 10.5. The lowest BCUT2D eigenvalue weighted by atomic mass is 10.00. The number of anilines is 1. The van der Waals surface area contributed by atoms with E-state index >= 15 is 0 Å². The molecule has 0 spiro atoms. The number of nitrogens with one attached hydrogen (secondary N) is 3. The first-order valence-electron chi connectivity index (χ1n) is 9.04. The molecular formula is C20H29IN4O2S. The van der Waals surface area contributed by atoms with Crippen LogP contribution in [0.5, 0.6) is 0 Å². The molecular weight excluding hydrogens is 487 g/mol. The van der Waals surface area contributed by atoms with Gasteiger partial charge in [0.15, 0.2) is 5.96 Å². The molecule has 8 heteroatoms. The fraction of sp³-hybridized carbons (Fsp3) is 0.400. The zero-order chi connectivity index (χ0) is 19.7. The Morgan fingerprint density at radius 2 is 1.93 bits per heavy atom. The Morgan fingerprint density at radius 1 is 1.21 bits per heavy atom. The number of aliphatic imine (C=N–C) groups is 1. The normalized spacial score (nSPS) is 13.2. The third-order valence-electron chi connectivity index (χ3n) is 4.01. The molecule has 4 N–H and O–H groups in total. The van der Waals surface area contributed by atoms with Crippen LogP contribution in [0.15, 0.2) is 46.1 Å². The predicted octanol–water partition coefficient (Wildman–Crippen LogP) is 3.33. The molecule has 0 bridgehead atoms. The first-order valence-corrected chi connectivity index (χ1v) is 9.99. The number of thiophene rings is 1. The van der Waals surface area contributed by atoms with Crippen LogP contribution in [0, 0.1) is 0 Å². The van der Waals surface area contributed by atoms with Gasteiger partial charge in [-0.2, -0.15) is 11.3 Å². The summed E-state index contributed by atoms with van der Waals surface area (Å²) >= 11 is 1.56. The summed E-state index contributed by atoms with van der Waals surface area (Å²) < 4.78 is 0. The summed E-state index contributed by atoms with van der Waals surface area (Å²) in [5.74, 6) is 0.608. The van der Waals surface area contributed by atoms with E-state index in [-0.39, 0.29) is 36.4 Å². The van der Waals surface area contributed by atoms with E-state index in [0.717, 1.165) is 29.8 Å². The molecule has 2 aromatic rings. The Labute approximate surface area is 187 Å². The Hall–Kier alpha value is -1.65. The van der Waals surface area contributed by atoms with Gasteiger partial charge in [-0.25, -0.2) is 4.99 Å². The van der Waals surface area contributed by atoms with Crippen LogP contribution in [0.4, 0.5) is 5.69 Å². The van der Waals surface area contributed by atoms with Gasteiger partial charge in [0.05, 0.1) is 6.54 Å². The maximum atomic E-state index is 11.1. The molecule has 28 heavy (non-hydrogen) atoms. The molecule has 1 heterocycles. The van der Waals surface area contributed by atoms with E-state index in [1.165, 1.54) is 6.92 Å². The van der Waals surface area contributed by atoms with E-state index in [1.807, 2.05) is 48.0 Å². The van der Waals surface area contributed by atoms with Crippen molar-refractivity contribution in [3.63, 3.8) is 0 Å². The molecule has 154 valence electrons. The molecule has 6 nitrogen and oxygen atoms in total. The van der Waals surface area contributed by atoms with E-state index in [9.17, 15) is 9.90 Å². The maximum Gasteiger partial charge on any atom is 0.221 e. The zero-order valence-electron chi connectivity index (χ0n) is 16.5. The van der Waals surface area contributed by atoms with Crippen LogP contribution in [0.3, 0.4) is 0 Å². The van der Waals surface area contributed by atoms with Gasteiger partial charge in [-0.3, -0.25) is 4.79 Å². The van der Waals surface area contributed by atoms with E-state index in [4.69, 9.17) is 0 Å². The van der Waals surface area contributed by atoms with Gasteiger partial charge in [0, 0.05) is 25.7 Å². The quantitative estimate of drug-likeness (QED) is 0.247. The summed E-state index contributed by atoms with van der Waals surface area (Å²) in [5.41, 5.74) is 1.86. The van der Waals surface area contributed by atoms with Gasteiger partial charge in [-0.1, -0.05) is 12.1 Å². The lowest BCUT2D eigenvalue weighted by molar-refractivity contribution is -0.114. The first kappa shape index (κ1) is 24.4. The molecule has 0 saturated carbocycles. The molecule has 0 fully saturated rings. The van der Waals surface area contributed by atoms with Crippen molar-refractivity contribution < 1.29 is 9.90 Å². The average Bonchev–Trinajstić information content (AvgIpc) is 3.16. The highest BCUT2D eigenvalue weighted by atomic mass is 127. The number of benzene rings is 1. The second kappa shape index (κ2) is 12.0. The minimum Gasteiger partial charge on any atom is -0.383 e. The van der Waals surface area contributed by atoms with Crippen LogP contribution in [0.1, 0.15) is 31.9 Å². The standard InChI is InChI=1S/C20H28N4O2S.HI/c1-4-21-19(23-14-20(3,26)17-10-12-27-13-17)22-11-9-16-5-7-18(8-6-16)24-15(2)25;/h5-8,10,12-13,26H,4,9,11,14H2,1-3H3,(H,24,25)(H2,21,22,23);1H. The summed E-state index contributed by atoms with van der Waals surface area (Å²) in [7, 11) is 0. The van der Waals surface area contributed by atoms with Gasteiger partial charge in [0.1, 0.15) is 5.60 Å². The van der Waals surface area contributed by atoms with Crippen molar-refractivity contribution in [1.82, 2.24) is 10.6 Å². The van der Waals surface area contributed by atoms with Gasteiger partial charge in [-0.15, -0.1) is 24.0 Å². The molecule has 0 aliphatic carbocycles. The molecule has 0 saturated heterocycles. The van der Waals surface area contributed by atoms with Crippen LogP contribution in [-0.2, 0) is 16.8 Å². The lowest BCUT2D eigenvalue weighted by Gasteiger charge is -2.21. The molecule has 1 aromatic carbocycles. The highest BCUT2D eigenvalue weighted by molar-refractivity contribution is 14.0. The molecule has 1 unspecified atom stereocenters. The largest absolute Gasteiger partial charge is 0.383 e. The number of carbonyl (C=O) groups excluding carboxylic acids is 1. The maximum absolute atomic E-state index is 11.1. The zero-order valence-corrected chi connectivity index (χ0v) is 19.6. The van der Waals surface area contributed by atoms with Crippen LogP contribution >= 0.6 is 35.3 Å². The number of nitrogens with zero attached hydrogens (tertiary/aromatic N) is 1. The topological polar surface area (TPSA) is 85.8 Å². The lowest BCUT2D eigenvalue weighted by Crippen LogP contribution is -2.39. The molecule has 0 radical (unpaired) electrons. The average molecular weight is 516 g/mol. The van der Waals surface area contributed by atoms with Gasteiger partial charge in [0.25, 0.3) is 0 Å². The summed E-state index contributed by atoms with van der Waals surface area (Å²) in [4.78, 5) is 15.6. The molecule has 1 atom stereocenters. The summed E-state index contributed by atoms with van der Waals surface area (Å²) in [6, 6.07) is 9.71. The van der Waals surface area contributed by atoms with E-state index < -0.39 is 5.60 Å². The van der Waals surface area contributed by atoms with Crippen molar-refractivity contribution in [2.75, 3.05) is 25.0 Å². The second-order valence-electron chi connectivity index (χ2n) is 6.54. The number of hydrogen-bond acceptors (Lipinski definition) is 4. The van der Waals surface area contributed by atoms with E-state index in [2.05, 4.69) is 20.9 Å². The third kappa shape index (κ3) is 8.15. The highest BCUT2D eigenvalue weighted by Crippen LogP contribution is 2.23. The minimum absolute atomic E-state index is 0. The Bertz CT molecular complexity index is 746. The number of halogens is 1. The van der Waals surface area contributed by atoms with Crippen molar-refractivity contribution in [2.24, 2.45) is 4.99 Å². The SMILES string of the molecule is CCNC(=NCC(C)(O)c1ccsc1)NCCc1ccc(NC(C)=O)cc1.I. The van der Waals surface area contributed by atoms with Crippen LogP contribution in [0.25, 0.3) is 0 Å². The number of rotatable bonds is 8. The fourth-order valence-electron chi connectivity index (χ4n) is 2.52. The van der Waals surface area contributed by atoms with Crippen molar-refractivity contribution in [2.45, 2.75) is 32.8 Å². The van der Waals surface area contributed by atoms with Crippen LogP contribution in [-0.4, -0.2) is 36.6 Å². The molecule has 1 amide bonds. The second-order valence-corrected chi connectivity index (χ2v) is 7.32. The number of guanidine groups is 1. The highest BCUT2D eigenvalue weighted by Gasteiger charge is 2.23. The van der Waals surface area contributed by atoms with Gasteiger partial charge >= 0.3 is 0 Å². The van der Waals surface area contributed by atoms with Crippen LogP contribution < -0.4 is 16.0 Å². The van der Waals surface area contributed by atoms with E-state index in [1.54, 1.807) is 18.3 Å². The number of amides is 1. The number of carbonyl (C=O) groups is 1. The van der Waals surface area contributed by atoms with Gasteiger partial charge in [-0.05, 0) is 60.4 Å². The monoisotopic (exact) mass is 516 g/mol. The molecule has 1 aromatic heterocycles. The van der Waals surface area contributed by atoms with E-state index in [0.29, 0.717) is 12.5 Å². The minimum atomic E-state index is -0.984. The van der Waals surface area contributed by atoms with Crippen LogP contribution in [0.2, 0.25) is 0 Å². The Morgan fingerprint density at radius 3 is 2.50 bits per heavy atom. The third-order valence-corrected chi connectivity index (χ3v) is 4.70. The number of hydrogen-bond donors (Lipinski definition) is 4. The summed E-state index contributed by atoms with van der Waals surface area (Å²) in [5, 5.41) is 23.7. The van der Waals surface area contributed by atoms with Crippen molar-refractivity contribution in [3.8, 4) is 0 Å². The van der Waals surface area contributed by atoms with Crippen molar-refractivity contribution in [1.29, 1.82) is 0 Å². The summed E-state index contributed by atoms with van der Waals surface area (Å²) in [6.07, 6.45) is 0.825. The van der Waals surface area contributed by atoms with Crippen molar-refractivity contribution >= 4 is 52.9 Å². The molecule has 0 aliphatic rings. The smallest absolute Gasteiger partial charge is 0.221 e. The fourth-order valence-corrected chi connectivity index (χ4v) is 3.30.